The highest BCUT2D eigenvalue weighted by Crippen LogP contribution is 2.37. The molecule has 0 fully saturated rings. The zero-order valence-corrected chi connectivity index (χ0v) is 19.5. The van der Waals surface area contributed by atoms with Crippen LogP contribution in [0.2, 0.25) is 0 Å². The van der Waals surface area contributed by atoms with Crippen molar-refractivity contribution in [3.63, 3.8) is 0 Å². The summed E-state index contributed by atoms with van der Waals surface area (Å²) < 4.78 is 35.4. The van der Waals surface area contributed by atoms with Crippen molar-refractivity contribution in [2.24, 2.45) is 0 Å². The van der Waals surface area contributed by atoms with Crippen LogP contribution in [0, 0.1) is 6.92 Å². The Labute approximate surface area is 196 Å². The topological polar surface area (TPSA) is 136 Å². The average Bonchev–Trinajstić information content (AvgIpc) is 3.05. The maximum Gasteiger partial charge on any atom is 0.265 e. The van der Waals surface area contributed by atoms with Gasteiger partial charge in [0.25, 0.3) is 10.0 Å². The highest BCUT2D eigenvalue weighted by atomic mass is 32.2. The van der Waals surface area contributed by atoms with Gasteiger partial charge in [0.1, 0.15) is 16.5 Å². The number of ketones is 1. The zero-order valence-electron chi connectivity index (χ0n) is 18.7. The van der Waals surface area contributed by atoms with Crippen LogP contribution in [0.3, 0.4) is 0 Å². The van der Waals surface area contributed by atoms with E-state index >= 15 is 0 Å². The molecule has 2 heterocycles. The summed E-state index contributed by atoms with van der Waals surface area (Å²) in [5.74, 6) is -0.492. The fourth-order valence-electron chi connectivity index (χ4n) is 3.72. The fraction of sp³-hybridized carbons (Fsp3) is 0.217. The van der Waals surface area contributed by atoms with E-state index in [4.69, 9.17) is 4.74 Å². The second-order valence-corrected chi connectivity index (χ2v) is 9.42. The predicted molar refractivity (Wildman–Crippen MR) is 125 cm³/mol. The molecule has 176 valence electrons. The van der Waals surface area contributed by atoms with Crippen molar-refractivity contribution in [2.75, 3.05) is 17.1 Å². The van der Waals surface area contributed by atoms with Crippen LogP contribution in [0.15, 0.2) is 47.4 Å². The van der Waals surface area contributed by atoms with E-state index in [-0.39, 0.29) is 52.6 Å². The summed E-state index contributed by atoms with van der Waals surface area (Å²) >= 11 is 0. The third kappa shape index (κ3) is 4.29. The molecule has 10 nitrogen and oxygen atoms in total. The summed E-state index contributed by atoms with van der Waals surface area (Å²) in [5, 5.41) is 6.95. The summed E-state index contributed by atoms with van der Waals surface area (Å²) in [6, 6.07) is 10.6. The van der Waals surface area contributed by atoms with Crippen molar-refractivity contribution in [2.45, 2.75) is 31.6 Å². The Kier molecular flexibility index (Phi) is 5.96. The number of anilines is 2. The van der Waals surface area contributed by atoms with E-state index in [9.17, 15) is 22.8 Å². The number of methoxy groups -OCH3 is 1. The first-order chi connectivity index (χ1) is 16.1. The van der Waals surface area contributed by atoms with Gasteiger partial charge in [-0.15, -0.1) is 0 Å². The smallest absolute Gasteiger partial charge is 0.265 e. The molecule has 0 spiro atoms. The van der Waals surface area contributed by atoms with Gasteiger partial charge in [-0.1, -0.05) is 6.07 Å². The number of aryl methyl sites for hydroxylation is 1. The van der Waals surface area contributed by atoms with Gasteiger partial charge in [-0.25, -0.2) is 8.42 Å². The van der Waals surface area contributed by atoms with Crippen molar-refractivity contribution in [3.8, 4) is 16.9 Å². The molecule has 4 rings (SSSR count). The van der Waals surface area contributed by atoms with Gasteiger partial charge in [0.15, 0.2) is 5.78 Å². The number of amides is 1. The lowest BCUT2D eigenvalue weighted by molar-refractivity contribution is -0.116. The molecule has 11 heteroatoms. The molecule has 3 aromatic rings. The number of carbonyl (C=O) groups is 3. The van der Waals surface area contributed by atoms with Gasteiger partial charge in [0.2, 0.25) is 11.8 Å². The van der Waals surface area contributed by atoms with Crippen LogP contribution in [0.25, 0.3) is 11.1 Å². The number of hydrogen-bond donors (Lipinski definition) is 2. The minimum atomic E-state index is -4.11. The highest BCUT2D eigenvalue weighted by Gasteiger charge is 2.28. The van der Waals surface area contributed by atoms with Gasteiger partial charge < -0.3 is 10.1 Å². The van der Waals surface area contributed by atoms with E-state index in [2.05, 4.69) is 15.1 Å². The van der Waals surface area contributed by atoms with Crippen LogP contribution < -0.4 is 14.8 Å². The Balaban J connectivity index is 1.78. The van der Waals surface area contributed by atoms with Gasteiger partial charge >= 0.3 is 0 Å². The van der Waals surface area contributed by atoms with Crippen LogP contribution >= 0.6 is 0 Å². The zero-order chi connectivity index (χ0) is 24.6. The van der Waals surface area contributed by atoms with Crippen LogP contribution in [0.4, 0.5) is 11.5 Å². The molecule has 0 aliphatic carbocycles. The number of fused-ring (bicyclic) bond motifs is 1. The Morgan fingerprint density at radius 2 is 1.82 bits per heavy atom. The Morgan fingerprint density at radius 3 is 2.47 bits per heavy atom. The van der Waals surface area contributed by atoms with E-state index in [1.54, 1.807) is 13.0 Å². The number of aromatic nitrogens is 2. The van der Waals surface area contributed by atoms with E-state index in [1.807, 2.05) is 0 Å². The molecular weight excluding hydrogens is 460 g/mol. The minimum absolute atomic E-state index is 0.0218. The van der Waals surface area contributed by atoms with Gasteiger partial charge in [0, 0.05) is 29.7 Å². The van der Waals surface area contributed by atoms with E-state index in [1.165, 1.54) is 50.4 Å². The highest BCUT2D eigenvalue weighted by molar-refractivity contribution is 7.92. The Bertz CT molecular complexity index is 1420. The third-order valence-corrected chi connectivity index (χ3v) is 6.81. The predicted octanol–water partition coefficient (Wildman–Crippen LogP) is 3.24. The molecule has 1 amide bonds. The van der Waals surface area contributed by atoms with Gasteiger partial charge in [-0.3, -0.25) is 19.1 Å². The van der Waals surface area contributed by atoms with Crippen molar-refractivity contribution in [3.05, 3.63) is 53.7 Å². The number of ether oxygens (including phenoxy) is 1. The average molecular weight is 483 g/mol. The molecule has 0 saturated heterocycles. The molecular formula is C23H22N4O6S. The lowest BCUT2D eigenvalue weighted by Crippen LogP contribution is -2.15. The fourth-order valence-corrected chi connectivity index (χ4v) is 4.97. The second kappa shape index (κ2) is 8.75. The Morgan fingerprint density at radius 1 is 1.12 bits per heavy atom. The van der Waals surface area contributed by atoms with Crippen LogP contribution in [0.1, 0.15) is 40.6 Å². The number of benzene rings is 2. The lowest BCUT2D eigenvalue weighted by Gasteiger charge is -2.14. The second-order valence-electron chi connectivity index (χ2n) is 7.77. The number of nitrogens with one attached hydrogen (secondary N) is 2. The monoisotopic (exact) mass is 482 g/mol. The lowest BCUT2D eigenvalue weighted by atomic mass is 10.1. The summed E-state index contributed by atoms with van der Waals surface area (Å²) in [6.07, 6.45) is 0.0588. The van der Waals surface area contributed by atoms with Crippen molar-refractivity contribution >= 4 is 39.1 Å². The van der Waals surface area contributed by atoms with E-state index in [0.29, 0.717) is 22.4 Å². The standard InChI is InChI=1S/C23H22N4O6S/c1-13-22(23-24-20(29)10-11-21(30)27(23)25-13)16-6-9-18(33-3)19(12-16)34(31,32)26-17-7-4-15(5-8-17)14(2)28/h4-9,12,26H,10-11H2,1-3H3,(H,24,29). The molecule has 2 aromatic carbocycles. The van der Waals surface area contributed by atoms with Crippen LogP contribution in [0.5, 0.6) is 5.75 Å². The summed E-state index contributed by atoms with van der Waals surface area (Å²) in [6.45, 7) is 3.09. The molecule has 34 heavy (non-hydrogen) atoms. The summed E-state index contributed by atoms with van der Waals surface area (Å²) in [5.41, 5.74) is 2.05. The first-order valence-electron chi connectivity index (χ1n) is 10.4. The Hall–Kier alpha value is -3.99. The normalized spacial score (nSPS) is 13.6. The molecule has 0 radical (unpaired) electrons. The number of rotatable bonds is 6. The van der Waals surface area contributed by atoms with Gasteiger partial charge in [0.05, 0.1) is 12.8 Å². The summed E-state index contributed by atoms with van der Waals surface area (Å²) in [7, 11) is -2.75. The number of nitrogens with zero attached hydrogens (tertiary/aromatic N) is 2. The SMILES string of the molecule is COc1ccc(-c2c(C)nn3c2NC(=O)CCC3=O)cc1S(=O)(=O)Nc1ccc(C(C)=O)cc1. The maximum absolute atomic E-state index is 13.3. The number of hydrogen-bond acceptors (Lipinski definition) is 7. The molecule has 1 aliphatic heterocycles. The van der Waals surface area contributed by atoms with Crippen LogP contribution in [-0.4, -0.2) is 42.9 Å². The minimum Gasteiger partial charge on any atom is -0.495 e. The van der Waals surface area contributed by atoms with Gasteiger partial charge in [-0.05, 0) is 55.8 Å². The van der Waals surface area contributed by atoms with E-state index in [0.717, 1.165) is 4.68 Å². The van der Waals surface area contributed by atoms with Gasteiger partial charge in [-0.2, -0.15) is 9.78 Å². The molecule has 0 unspecified atom stereocenters. The molecule has 0 saturated carbocycles. The number of carbonyl (C=O) groups excluding carboxylic acids is 3. The molecule has 0 atom stereocenters. The third-order valence-electron chi connectivity index (χ3n) is 5.41. The largest absolute Gasteiger partial charge is 0.495 e. The van der Waals surface area contributed by atoms with Crippen molar-refractivity contribution in [1.82, 2.24) is 9.78 Å². The molecule has 2 N–H and O–H groups in total. The van der Waals surface area contributed by atoms with Crippen molar-refractivity contribution in [1.29, 1.82) is 0 Å². The van der Waals surface area contributed by atoms with Crippen LogP contribution in [-0.2, 0) is 14.8 Å². The first kappa shape index (κ1) is 23.2. The van der Waals surface area contributed by atoms with E-state index < -0.39 is 10.0 Å². The quantitative estimate of drug-likeness (QED) is 0.515. The number of Topliss-reactive ketones (excluding diaryl/α,β-unsaturated/α-hetero) is 1. The first-order valence-corrected chi connectivity index (χ1v) is 11.8. The maximum atomic E-state index is 13.3. The summed E-state index contributed by atoms with van der Waals surface area (Å²) in [4.78, 5) is 35.9. The number of sulfonamides is 1. The molecule has 1 aromatic heterocycles. The van der Waals surface area contributed by atoms with Crippen molar-refractivity contribution < 1.29 is 27.5 Å². The molecule has 1 aliphatic rings. The molecule has 0 bridgehead atoms.